The molecule has 0 aromatic rings. The zero-order chi connectivity index (χ0) is 29.8. The van der Waals surface area contributed by atoms with Gasteiger partial charge in [0.25, 0.3) is 0 Å². The normalized spacial score (nSPS) is 46.6. The first kappa shape index (κ1) is 30.0. The van der Waals surface area contributed by atoms with Crippen molar-refractivity contribution in [2.45, 2.75) is 112 Å². The van der Waals surface area contributed by atoms with Crippen molar-refractivity contribution in [3.8, 4) is 0 Å². The van der Waals surface area contributed by atoms with Gasteiger partial charge in [0, 0.05) is 32.6 Å². The Hall–Kier alpha value is -1.04. The maximum atomic E-state index is 14.5. The van der Waals surface area contributed by atoms with Gasteiger partial charge in [-0.2, -0.15) is 0 Å². The summed E-state index contributed by atoms with van der Waals surface area (Å²) in [5.41, 5.74) is 2.19. The van der Waals surface area contributed by atoms with E-state index in [0.29, 0.717) is 36.5 Å². The van der Waals surface area contributed by atoms with E-state index >= 15 is 0 Å². The molecule has 1 N–H and O–H groups in total. The molecule has 5 heteroatoms. The van der Waals surface area contributed by atoms with E-state index in [2.05, 4.69) is 65.3 Å². The number of carbonyl (C=O) groups excluding carboxylic acids is 2. The lowest BCUT2D eigenvalue weighted by molar-refractivity contribution is -0.228. The lowest BCUT2D eigenvalue weighted by atomic mass is 9.33. The molecule has 0 radical (unpaired) electrons. The lowest BCUT2D eigenvalue weighted by Crippen LogP contribution is -2.66. The number of ketones is 2. The molecule has 0 spiro atoms. The van der Waals surface area contributed by atoms with Gasteiger partial charge in [-0.25, -0.2) is 0 Å². The first-order valence-corrected chi connectivity index (χ1v) is 17.0. The summed E-state index contributed by atoms with van der Waals surface area (Å²) in [7, 11) is 2.16. The Balaban J connectivity index is 1.38. The molecular formula is C36H58N2O3. The lowest BCUT2D eigenvalue weighted by Gasteiger charge is -2.72. The maximum absolute atomic E-state index is 14.5. The van der Waals surface area contributed by atoms with Crippen molar-refractivity contribution < 1.29 is 14.7 Å². The summed E-state index contributed by atoms with van der Waals surface area (Å²) in [5, 5.41) is 11.0. The molecule has 1 heterocycles. The second kappa shape index (κ2) is 9.73. The third-order valence-electron chi connectivity index (χ3n) is 14.9. The third kappa shape index (κ3) is 4.03. The Morgan fingerprint density at radius 2 is 1.56 bits per heavy atom. The van der Waals surface area contributed by atoms with Crippen LogP contribution in [0.15, 0.2) is 11.1 Å². The highest BCUT2D eigenvalue weighted by Crippen LogP contribution is 2.76. The smallest absolute Gasteiger partial charge is 0.160 e. The Bertz CT molecular complexity index is 1130. The summed E-state index contributed by atoms with van der Waals surface area (Å²) < 4.78 is 0. The van der Waals surface area contributed by atoms with Crippen molar-refractivity contribution >= 4 is 11.6 Å². The highest BCUT2D eigenvalue weighted by atomic mass is 16.3. The van der Waals surface area contributed by atoms with Gasteiger partial charge < -0.3 is 10.0 Å². The molecule has 4 saturated carbocycles. The van der Waals surface area contributed by atoms with Crippen LogP contribution in [0.1, 0.15) is 106 Å². The molecule has 0 amide bonds. The average molecular weight is 567 g/mol. The van der Waals surface area contributed by atoms with E-state index in [1.165, 1.54) is 24.8 Å². The first-order valence-electron chi connectivity index (χ1n) is 17.0. The van der Waals surface area contributed by atoms with E-state index in [9.17, 15) is 14.7 Å². The van der Waals surface area contributed by atoms with Gasteiger partial charge in [0.05, 0.1) is 18.1 Å². The number of Topliss-reactive ketones (excluding diaryl/α,β-unsaturated/α-hetero) is 2. The predicted octanol–water partition coefficient (Wildman–Crippen LogP) is 6.14. The average Bonchev–Trinajstić information content (AvgIpc) is 3.21. The molecule has 1 aliphatic heterocycles. The van der Waals surface area contributed by atoms with Crippen LogP contribution >= 0.6 is 0 Å². The zero-order valence-corrected chi connectivity index (χ0v) is 27.4. The van der Waals surface area contributed by atoms with Gasteiger partial charge in [0.2, 0.25) is 0 Å². The molecule has 6 rings (SSSR count). The molecule has 5 fully saturated rings. The summed E-state index contributed by atoms with van der Waals surface area (Å²) in [6, 6.07) is 0. The van der Waals surface area contributed by atoms with Crippen molar-refractivity contribution in [3.05, 3.63) is 11.1 Å². The van der Waals surface area contributed by atoms with E-state index in [-0.39, 0.29) is 39.5 Å². The van der Waals surface area contributed by atoms with Crippen molar-refractivity contribution in [1.82, 2.24) is 9.80 Å². The fourth-order valence-corrected chi connectivity index (χ4v) is 12.3. The maximum Gasteiger partial charge on any atom is 0.160 e. The van der Waals surface area contributed by atoms with Crippen LogP contribution in [0.25, 0.3) is 0 Å². The standard InChI is InChI=1S/C36H58N2O3/c1-23(2)30-25(39)21-36(29(41)22-38-19-17-37(8)18-20-38)16-15-34(6)24(31(30)36)9-10-27-33(5)13-12-28(40)32(3,4)26(33)11-14-35(27,34)7/h23-24,26-28,40H,9-22H2,1-8H3/t24-,26+,27-,28+,33+,34-,35-,36?/m1/s1. The van der Waals surface area contributed by atoms with Crippen molar-refractivity contribution in [2.75, 3.05) is 39.8 Å². The van der Waals surface area contributed by atoms with Crippen LogP contribution < -0.4 is 0 Å². The van der Waals surface area contributed by atoms with E-state index in [4.69, 9.17) is 0 Å². The monoisotopic (exact) mass is 566 g/mol. The number of aliphatic hydroxyl groups is 1. The number of hydrogen-bond donors (Lipinski definition) is 1. The van der Waals surface area contributed by atoms with E-state index in [0.717, 1.165) is 63.9 Å². The largest absolute Gasteiger partial charge is 0.393 e. The Morgan fingerprint density at radius 1 is 0.878 bits per heavy atom. The molecule has 0 aromatic heterocycles. The zero-order valence-electron chi connectivity index (χ0n) is 27.4. The van der Waals surface area contributed by atoms with Crippen LogP contribution in [0.5, 0.6) is 0 Å². The summed E-state index contributed by atoms with van der Waals surface area (Å²) in [5.74, 6) is 2.24. The topological polar surface area (TPSA) is 60.9 Å². The summed E-state index contributed by atoms with van der Waals surface area (Å²) in [4.78, 5) is 33.0. The number of piperazine rings is 1. The van der Waals surface area contributed by atoms with Gasteiger partial charge in [0.1, 0.15) is 0 Å². The molecule has 0 aromatic carbocycles. The second-order valence-corrected chi connectivity index (χ2v) is 17.2. The van der Waals surface area contributed by atoms with Crippen LogP contribution in [0.4, 0.5) is 0 Å². The second-order valence-electron chi connectivity index (χ2n) is 17.2. The van der Waals surface area contributed by atoms with Crippen LogP contribution in [-0.4, -0.2) is 72.3 Å². The Morgan fingerprint density at radius 3 is 2.22 bits per heavy atom. The molecule has 1 unspecified atom stereocenters. The third-order valence-corrected chi connectivity index (χ3v) is 14.9. The van der Waals surface area contributed by atoms with Crippen LogP contribution in [0, 0.1) is 50.7 Å². The fourth-order valence-electron chi connectivity index (χ4n) is 12.3. The van der Waals surface area contributed by atoms with Crippen molar-refractivity contribution in [1.29, 1.82) is 0 Å². The van der Waals surface area contributed by atoms with Crippen LogP contribution in [0.3, 0.4) is 0 Å². The Kier molecular flexibility index (Phi) is 7.12. The molecule has 5 aliphatic carbocycles. The minimum absolute atomic E-state index is 0.0469. The first-order chi connectivity index (χ1) is 19.1. The van der Waals surface area contributed by atoms with Crippen molar-refractivity contribution in [3.63, 3.8) is 0 Å². The molecule has 0 bridgehead atoms. The van der Waals surface area contributed by atoms with Gasteiger partial charge >= 0.3 is 0 Å². The number of fused-ring (bicyclic) bond motifs is 7. The summed E-state index contributed by atoms with van der Waals surface area (Å²) >= 11 is 0. The van der Waals surface area contributed by atoms with Gasteiger partial charge in [-0.15, -0.1) is 0 Å². The fraction of sp³-hybridized carbons (Fsp3) is 0.889. The van der Waals surface area contributed by atoms with E-state index < -0.39 is 5.41 Å². The van der Waals surface area contributed by atoms with Gasteiger partial charge in [-0.1, -0.05) is 48.5 Å². The number of allylic oxidation sites excluding steroid dienone is 2. The SMILES string of the molecule is CC(C)C1=C2[C@H]3CC[C@@H]4[C@@]5(C)CC[C@H](O)C(C)(C)[C@@H]5CC[C@@]4(C)[C@]3(C)CCC2(C(=O)CN2CCN(C)CC2)CC1=O. The molecule has 1 saturated heterocycles. The molecule has 230 valence electrons. The van der Waals surface area contributed by atoms with Gasteiger partial charge in [-0.05, 0) is 115 Å². The van der Waals surface area contributed by atoms with Gasteiger partial charge in [-0.3, -0.25) is 14.5 Å². The van der Waals surface area contributed by atoms with Gasteiger partial charge in [0.15, 0.2) is 11.6 Å². The Labute approximate surface area is 249 Å². The number of likely N-dealkylation sites (N-methyl/N-ethyl adjacent to an activating group) is 1. The highest BCUT2D eigenvalue weighted by molar-refractivity contribution is 6.07. The minimum Gasteiger partial charge on any atom is -0.393 e. The number of carbonyl (C=O) groups is 2. The molecule has 6 aliphatic rings. The number of nitrogens with zero attached hydrogens (tertiary/aromatic N) is 2. The predicted molar refractivity (Wildman–Crippen MR) is 164 cm³/mol. The molecular weight excluding hydrogens is 508 g/mol. The number of hydrogen-bond acceptors (Lipinski definition) is 5. The van der Waals surface area contributed by atoms with Crippen molar-refractivity contribution in [2.24, 2.45) is 50.7 Å². The van der Waals surface area contributed by atoms with E-state index in [1.807, 2.05) is 0 Å². The molecule has 5 nitrogen and oxygen atoms in total. The minimum atomic E-state index is -0.578. The number of rotatable bonds is 4. The molecule has 41 heavy (non-hydrogen) atoms. The van der Waals surface area contributed by atoms with E-state index in [1.54, 1.807) is 0 Å². The van der Waals surface area contributed by atoms with Crippen LogP contribution in [0.2, 0.25) is 0 Å². The number of aliphatic hydroxyl groups excluding tert-OH is 1. The summed E-state index contributed by atoms with van der Waals surface area (Å²) in [6.45, 7) is 21.1. The quantitative estimate of drug-likeness (QED) is 0.443. The van der Waals surface area contributed by atoms with Crippen LogP contribution in [-0.2, 0) is 9.59 Å². The molecule has 8 atom stereocenters. The summed E-state index contributed by atoms with van der Waals surface area (Å²) in [6.07, 6.45) is 8.79. The highest BCUT2D eigenvalue weighted by Gasteiger charge is 2.70.